The van der Waals surface area contributed by atoms with Crippen molar-refractivity contribution in [2.45, 2.75) is 6.92 Å². The Morgan fingerprint density at radius 2 is 1.52 bits per heavy atom. The Morgan fingerprint density at radius 3 is 2.18 bits per heavy atom. The number of benzene rings is 3. The second kappa shape index (κ2) is 10.2. The molecule has 0 fully saturated rings. The van der Waals surface area contributed by atoms with Crippen molar-refractivity contribution < 1.29 is 24.6 Å². The quantitative estimate of drug-likeness (QED) is 0.275. The van der Waals surface area contributed by atoms with Crippen LogP contribution in [0.15, 0.2) is 66.9 Å². The van der Waals surface area contributed by atoms with Crippen molar-refractivity contribution in [3.8, 4) is 11.1 Å². The first-order valence-electron chi connectivity index (χ1n) is 9.56. The molecule has 4 N–H and O–H groups in total. The maximum absolute atomic E-state index is 12.6. The molecule has 4 aromatic rings. The third-order valence-electron chi connectivity index (χ3n) is 4.56. The number of amides is 1. The minimum atomic E-state index is -1.15. The number of aliphatic carboxylic acids is 1. The molecule has 0 aliphatic carbocycles. The molecule has 0 aliphatic rings. The van der Waals surface area contributed by atoms with E-state index in [0.717, 1.165) is 29.0 Å². The Hall–Kier alpha value is -3.81. The van der Waals surface area contributed by atoms with E-state index in [2.05, 4.69) is 10.3 Å². The van der Waals surface area contributed by atoms with E-state index >= 15 is 0 Å². The van der Waals surface area contributed by atoms with Crippen molar-refractivity contribution in [1.82, 2.24) is 4.98 Å². The van der Waals surface area contributed by atoms with Crippen LogP contribution in [0.5, 0.6) is 0 Å². The Labute approximate surface area is 198 Å². The van der Waals surface area contributed by atoms with Crippen molar-refractivity contribution >= 4 is 57.6 Å². The van der Waals surface area contributed by atoms with Crippen LogP contribution >= 0.6 is 23.2 Å². The Kier molecular flexibility index (Phi) is 7.37. The van der Waals surface area contributed by atoms with E-state index in [9.17, 15) is 14.7 Å². The summed E-state index contributed by atoms with van der Waals surface area (Å²) in [5.74, 6) is -2.50. The average Bonchev–Trinajstić information content (AvgIpc) is 3.21. The molecule has 1 aromatic heterocycles. The summed E-state index contributed by atoms with van der Waals surface area (Å²) in [5, 5.41) is 21.3. The molecular weight excluding hydrogens is 467 g/mol. The smallest absolute Gasteiger partial charge is 0.337 e. The lowest BCUT2D eigenvalue weighted by Crippen LogP contribution is -2.15. The third-order valence-corrected chi connectivity index (χ3v) is 5.11. The molecule has 1 amide bonds. The van der Waals surface area contributed by atoms with Gasteiger partial charge in [-0.25, -0.2) is 4.79 Å². The predicted octanol–water partition coefficient (Wildman–Crippen LogP) is 6.18. The number of carbonyl (C=O) groups is 3. The lowest BCUT2D eigenvalue weighted by molar-refractivity contribution is -0.134. The van der Waals surface area contributed by atoms with Gasteiger partial charge in [0.05, 0.1) is 21.8 Å². The molecule has 4 rings (SSSR count). The van der Waals surface area contributed by atoms with Crippen LogP contribution in [0, 0.1) is 0 Å². The van der Waals surface area contributed by atoms with Crippen LogP contribution < -0.4 is 5.32 Å². The SMILES string of the molecule is CC(=O)O.O=C(Nc1ccc(-c2ccc3[nH]ccc3c2)cc1C(=O)O)c1ccc(Cl)cc1Cl. The van der Waals surface area contributed by atoms with Gasteiger partial charge in [0.1, 0.15) is 0 Å². The van der Waals surface area contributed by atoms with Crippen LogP contribution in [0.25, 0.3) is 22.0 Å². The minimum absolute atomic E-state index is 0.0184. The van der Waals surface area contributed by atoms with E-state index < -0.39 is 17.8 Å². The van der Waals surface area contributed by atoms with Gasteiger partial charge in [-0.05, 0) is 65.0 Å². The maximum atomic E-state index is 12.6. The first-order valence-corrected chi connectivity index (χ1v) is 10.3. The zero-order valence-electron chi connectivity index (χ0n) is 17.2. The van der Waals surface area contributed by atoms with Gasteiger partial charge in [-0.2, -0.15) is 0 Å². The summed E-state index contributed by atoms with van der Waals surface area (Å²) < 4.78 is 0. The van der Waals surface area contributed by atoms with Crippen LogP contribution in [0.2, 0.25) is 10.0 Å². The van der Waals surface area contributed by atoms with Crippen LogP contribution in [-0.2, 0) is 4.79 Å². The summed E-state index contributed by atoms with van der Waals surface area (Å²) in [6.45, 7) is 1.08. The number of rotatable bonds is 4. The fourth-order valence-corrected chi connectivity index (χ4v) is 3.60. The number of halogens is 2. The number of carboxylic acid groups (broad SMARTS) is 2. The van der Waals surface area contributed by atoms with Crippen LogP contribution in [-0.4, -0.2) is 33.0 Å². The van der Waals surface area contributed by atoms with Crippen molar-refractivity contribution in [1.29, 1.82) is 0 Å². The van der Waals surface area contributed by atoms with Gasteiger partial charge < -0.3 is 20.5 Å². The number of hydrogen-bond donors (Lipinski definition) is 4. The second-order valence-corrected chi connectivity index (χ2v) is 7.79. The normalized spacial score (nSPS) is 10.3. The molecule has 168 valence electrons. The fourth-order valence-electron chi connectivity index (χ4n) is 3.11. The Balaban J connectivity index is 0.000000709. The van der Waals surface area contributed by atoms with Crippen LogP contribution in [0.1, 0.15) is 27.6 Å². The van der Waals surface area contributed by atoms with E-state index in [0.29, 0.717) is 5.02 Å². The first kappa shape index (κ1) is 23.8. The van der Waals surface area contributed by atoms with E-state index in [1.165, 1.54) is 18.2 Å². The lowest BCUT2D eigenvalue weighted by Gasteiger charge is -2.12. The second-order valence-electron chi connectivity index (χ2n) is 6.94. The number of H-pyrrole nitrogens is 1. The number of anilines is 1. The van der Waals surface area contributed by atoms with E-state index in [4.69, 9.17) is 33.1 Å². The van der Waals surface area contributed by atoms with Crippen molar-refractivity contribution in [3.05, 3.63) is 88.0 Å². The van der Waals surface area contributed by atoms with Gasteiger partial charge in [0.2, 0.25) is 0 Å². The largest absolute Gasteiger partial charge is 0.481 e. The van der Waals surface area contributed by atoms with E-state index in [-0.39, 0.29) is 21.8 Å². The molecule has 3 aromatic carbocycles. The maximum Gasteiger partial charge on any atom is 0.337 e. The van der Waals surface area contributed by atoms with Gasteiger partial charge in [0.25, 0.3) is 11.9 Å². The molecule has 0 aliphatic heterocycles. The average molecular weight is 485 g/mol. The topological polar surface area (TPSA) is 119 Å². The molecule has 7 nitrogen and oxygen atoms in total. The van der Waals surface area contributed by atoms with Gasteiger partial charge in [0, 0.05) is 23.7 Å². The van der Waals surface area contributed by atoms with Crippen molar-refractivity contribution in [2.24, 2.45) is 0 Å². The number of carboxylic acids is 2. The molecule has 0 unspecified atom stereocenters. The zero-order chi connectivity index (χ0) is 24.1. The third kappa shape index (κ3) is 5.91. The lowest BCUT2D eigenvalue weighted by atomic mass is 10.0. The highest BCUT2D eigenvalue weighted by atomic mass is 35.5. The number of aromatic nitrogens is 1. The Morgan fingerprint density at radius 1 is 0.848 bits per heavy atom. The summed E-state index contributed by atoms with van der Waals surface area (Å²) >= 11 is 11.9. The van der Waals surface area contributed by atoms with Gasteiger partial charge in [-0.3, -0.25) is 9.59 Å². The van der Waals surface area contributed by atoms with E-state index in [1.807, 2.05) is 30.5 Å². The van der Waals surface area contributed by atoms with Crippen LogP contribution in [0.3, 0.4) is 0 Å². The van der Waals surface area contributed by atoms with Crippen LogP contribution in [0.4, 0.5) is 5.69 Å². The summed E-state index contributed by atoms with van der Waals surface area (Å²) in [4.78, 5) is 36.5. The fraction of sp³-hybridized carbons (Fsp3) is 0.0417. The molecule has 9 heteroatoms. The molecule has 1 heterocycles. The minimum Gasteiger partial charge on any atom is -0.481 e. The number of fused-ring (bicyclic) bond motifs is 1. The molecule has 0 bridgehead atoms. The van der Waals surface area contributed by atoms with Gasteiger partial charge in [0.15, 0.2) is 0 Å². The summed E-state index contributed by atoms with van der Waals surface area (Å²) in [6.07, 6.45) is 1.84. The number of carbonyl (C=O) groups excluding carboxylic acids is 1. The molecule has 0 atom stereocenters. The molecule has 0 saturated heterocycles. The number of nitrogens with one attached hydrogen (secondary N) is 2. The molecule has 0 saturated carbocycles. The number of hydrogen-bond acceptors (Lipinski definition) is 3. The van der Waals surface area contributed by atoms with Crippen molar-refractivity contribution in [3.63, 3.8) is 0 Å². The molecule has 0 spiro atoms. The molecule has 33 heavy (non-hydrogen) atoms. The molecular formula is C24H18Cl2N2O5. The molecule has 0 radical (unpaired) electrons. The first-order chi connectivity index (χ1) is 15.7. The van der Waals surface area contributed by atoms with Gasteiger partial charge in [-0.1, -0.05) is 35.3 Å². The Bertz CT molecular complexity index is 1360. The van der Waals surface area contributed by atoms with Gasteiger partial charge >= 0.3 is 5.97 Å². The highest BCUT2D eigenvalue weighted by molar-refractivity contribution is 6.37. The summed E-state index contributed by atoms with van der Waals surface area (Å²) in [6, 6.07) is 17.1. The zero-order valence-corrected chi connectivity index (χ0v) is 18.7. The van der Waals surface area contributed by atoms with E-state index in [1.54, 1.807) is 18.2 Å². The summed E-state index contributed by atoms with van der Waals surface area (Å²) in [5.41, 5.74) is 2.96. The summed E-state index contributed by atoms with van der Waals surface area (Å²) in [7, 11) is 0. The number of aromatic carboxylic acids is 1. The van der Waals surface area contributed by atoms with Crippen molar-refractivity contribution in [2.75, 3.05) is 5.32 Å². The highest BCUT2D eigenvalue weighted by Gasteiger charge is 2.17. The number of aromatic amines is 1. The highest BCUT2D eigenvalue weighted by Crippen LogP contribution is 2.29. The standard InChI is InChI=1S/C22H14Cl2N2O3.C2H4O2/c23-15-3-4-16(18(24)11-15)21(27)26-20-6-2-13(10-17(20)22(28)29)12-1-5-19-14(9-12)7-8-25-19;1-2(3)4/h1-11,25H,(H,26,27)(H,28,29);1H3,(H,3,4). The monoisotopic (exact) mass is 484 g/mol. The predicted molar refractivity (Wildman–Crippen MR) is 128 cm³/mol. The van der Waals surface area contributed by atoms with Gasteiger partial charge in [-0.15, -0.1) is 0 Å².